The Kier molecular flexibility index (Phi) is 3.73. The van der Waals surface area contributed by atoms with Crippen LogP contribution in [0.2, 0.25) is 19.6 Å². The van der Waals surface area contributed by atoms with Crippen molar-refractivity contribution in [2.24, 2.45) is 0 Å². The molecule has 0 aliphatic heterocycles. The molecule has 0 atom stereocenters. The van der Waals surface area contributed by atoms with Gasteiger partial charge in [0.25, 0.3) is 0 Å². The van der Waals surface area contributed by atoms with Crippen molar-refractivity contribution in [3.05, 3.63) is 40.2 Å². The molecule has 0 N–H and O–H groups in total. The summed E-state index contributed by atoms with van der Waals surface area (Å²) in [7, 11) is 2.43. The zero-order valence-corrected chi connectivity index (χ0v) is 13.6. The number of hydrogen-bond donors (Lipinski definition) is 0. The van der Waals surface area contributed by atoms with Crippen molar-refractivity contribution < 1.29 is 4.42 Å². The van der Waals surface area contributed by atoms with Crippen molar-refractivity contribution >= 4 is 24.7 Å². The third-order valence-corrected chi connectivity index (χ3v) is 3.69. The van der Waals surface area contributed by atoms with Gasteiger partial charge in [0.1, 0.15) is 13.7 Å². The molecule has 1 aromatic heterocycles. The van der Waals surface area contributed by atoms with Crippen LogP contribution >= 0.6 is 0 Å². The molecular weight excluding hydrogens is 266 g/mol. The van der Waals surface area contributed by atoms with E-state index in [-0.39, 0.29) is 5.63 Å². The lowest BCUT2D eigenvalue weighted by Crippen LogP contribution is -2.16. The van der Waals surface area contributed by atoms with Crippen molar-refractivity contribution in [2.75, 3.05) is 19.0 Å². The molecule has 0 spiro atoms. The van der Waals surface area contributed by atoms with Crippen molar-refractivity contribution in [3.63, 3.8) is 0 Å². The van der Waals surface area contributed by atoms with Gasteiger partial charge in [-0.15, -0.1) is 5.54 Å². The van der Waals surface area contributed by atoms with E-state index in [1.165, 1.54) is 6.07 Å². The summed E-state index contributed by atoms with van der Waals surface area (Å²) in [6.45, 7) is 6.54. The summed E-state index contributed by atoms with van der Waals surface area (Å²) in [5.41, 5.74) is 5.28. The summed E-state index contributed by atoms with van der Waals surface area (Å²) >= 11 is 0. The van der Waals surface area contributed by atoms with Gasteiger partial charge in [-0.1, -0.05) is 25.6 Å². The van der Waals surface area contributed by atoms with E-state index in [2.05, 4.69) is 31.1 Å². The SMILES string of the molecule is CN(C)c1ccc2c(C#C[Si](C)(C)C)cc(=O)oc2c1. The molecule has 0 fully saturated rings. The zero-order valence-electron chi connectivity index (χ0n) is 12.6. The summed E-state index contributed by atoms with van der Waals surface area (Å²) < 4.78 is 5.29. The van der Waals surface area contributed by atoms with Crippen LogP contribution in [0.25, 0.3) is 11.0 Å². The van der Waals surface area contributed by atoms with Gasteiger partial charge < -0.3 is 9.32 Å². The second-order valence-corrected chi connectivity index (χ2v) is 10.8. The highest BCUT2D eigenvalue weighted by molar-refractivity contribution is 6.83. The van der Waals surface area contributed by atoms with Crippen LogP contribution in [-0.2, 0) is 0 Å². The first-order valence-electron chi connectivity index (χ1n) is 6.55. The Balaban J connectivity index is 2.66. The van der Waals surface area contributed by atoms with Gasteiger partial charge in [0.15, 0.2) is 0 Å². The Morgan fingerprint density at radius 2 is 1.85 bits per heavy atom. The molecule has 1 aromatic carbocycles. The number of fused-ring (bicyclic) bond motifs is 1. The summed E-state index contributed by atoms with van der Waals surface area (Å²) in [5, 5.41) is 0.890. The topological polar surface area (TPSA) is 33.5 Å². The molecular formula is C16H19NO2Si. The first kappa shape index (κ1) is 14.4. The Morgan fingerprint density at radius 3 is 2.45 bits per heavy atom. The van der Waals surface area contributed by atoms with E-state index < -0.39 is 8.07 Å². The molecule has 2 rings (SSSR count). The Bertz CT molecular complexity index is 758. The predicted molar refractivity (Wildman–Crippen MR) is 87.0 cm³/mol. The molecule has 0 unspecified atom stereocenters. The van der Waals surface area contributed by atoms with Gasteiger partial charge in [0.2, 0.25) is 0 Å². The quantitative estimate of drug-likeness (QED) is 0.458. The number of rotatable bonds is 1. The van der Waals surface area contributed by atoms with Gasteiger partial charge in [-0.05, 0) is 12.1 Å². The van der Waals surface area contributed by atoms with E-state index in [1.54, 1.807) is 0 Å². The lowest BCUT2D eigenvalue weighted by molar-refractivity contribution is 0.560. The first-order valence-corrected chi connectivity index (χ1v) is 10.0. The molecule has 2 aromatic rings. The molecule has 0 radical (unpaired) electrons. The monoisotopic (exact) mass is 285 g/mol. The fourth-order valence-corrected chi connectivity index (χ4v) is 2.30. The molecule has 0 saturated carbocycles. The summed E-state index contributed by atoms with van der Waals surface area (Å²) in [6, 6.07) is 7.31. The third kappa shape index (κ3) is 3.31. The van der Waals surface area contributed by atoms with Crippen LogP contribution in [0, 0.1) is 11.5 Å². The molecule has 20 heavy (non-hydrogen) atoms. The smallest absolute Gasteiger partial charge is 0.337 e. The molecule has 0 bridgehead atoms. The molecule has 1 heterocycles. The minimum atomic E-state index is -1.48. The second kappa shape index (κ2) is 5.18. The maximum absolute atomic E-state index is 11.7. The van der Waals surface area contributed by atoms with Crippen LogP contribution in [-0.4, -0.2) is 22.2 Å². The van der Waals surface area contributed by atoms with E-state index in [0.717, 1.165) is 16.6 Å². The van der Waals surface area contributed by atoms with Crippen LogP contribution in [0.1, 0.15) is 5.56 Å². The van der Waals surface area contributed by atoms with E-state index in [4.69, 9.17) is 4.42 Å². The molecule has 4 heteroatoms. The first-order chi connectivity index (χ1) is 9.26. The number of anilines is 1. The molecule has 3 nitrogen and oxygen atoms in total. The van der Waals surface area contributed by atoms with E-state index in [9.17, 15) is 4.79 Å². The van der Waals surface area contributed by atoms with Crippen LogP contribution < -0.4 is 10.5 Å². The van der Waals surface area contributed by atoms with Crippen LogP contribution in [0.3, 0.4) is 0 Å². The molecule has 104 valence electrons. The highest BCUT2D eigenvalue weighted by Crippen LogP contribution is 2.22. The van der Waals surface area contributed by atoms with Crippen molar-refractivity contribution in [2.45, 2.75) is 19.6 Å². The van der Waals surface area contributed by atoms with Gasteiger partial charge in [-0.25, -0.2) is 4.79 Å². The lowest BCUT2D eigenvalue weighted by Gasteiger charge is -2.12. The second-order valence-electron chi connectivity index (χ2n) is 6.05. The van der Waals surface area contributed by atoms with Crippen molar-refractivity contribution in [1.82, 2.24) is 0 Å². The average molecular weight is 285 g/mol. The third-order valence-electron chi connectivity index (χ3n) is 2.82. The average Bonchev–Trinajstić information content (AvgIpc) is 2.33. The maximum atomic E-state index is 11.7. The Hall–Kier alpha value is -1.99. The lowest BCUT2D eigenvalue weighted by atomic mass is 10.1. The summed E-state index contributed by atoms with van der Waals surface area (Å²) in [4.78, 5) is 13.6. The fraction of sp³-hybridized carbons (Fsp3) is 0.312. The minimum absolute atomic E-state index is 0.353. The molecule has 0 aliphatic carbocycles. The maximum Gasteiger partial charge on any atom is 0.337 e. The fourth-order valence-electron chi connectivity index (χ4n) is 1.79. The van der Waals surface area contributed by atoms with E-state index >= 15 is 0 Å². The van der Waals surface area contributed by atoms with Crippen LogP contribution in [0.15, 0.2) is 33.5 Å². The number of hydrogen-bond acceptors (Lipinski definition) is 3. The molecule has 0 amide bonds. The summed E-state index contributed by atoms with van der Waals surface area (Å²) in [6.07, 6.45) is 0. The van der Waals surface area contributed by atoms with Gasteiger partial charge in [0.05, 0.1) is 0 Å². The number of nitrogens with zero attached hydrogens (tertiary/aromatic N) is 1. The van der Waals surface area contributed by atoms with Gasteiger partial charge in [-0.3, -0.25) is 0 Å². The summed E-state index contributed by atoms with van der Waals surface area (Å²) in [5.74, 6) is 3.16. The predicted octanol–water partition coefficient (Wildman–Crippen LogP) is 3.09. The van der Waals surface area contributed by atoms with Crippen LogP contribution in [0.4, 0.5) is 5.69 Å². The van der Waals surface area contributed by atoms with Crippen LogP contribution in [0.5, 0.6) is 0 Å². The molecule has 0 aliphatic rings. The molecule has 0 saturated heterocycles. The Labute approximate surface area is 120 Å². The Morgan fingerprint density at radius 1 is 1.15 bits per heavy atom. The van der Waals surface area contributed by atoms with Crippen molar-refractivity contribution in [1.29, 1.82) is 0 Å². The highest BCUT2D eigenvalue weighted by Gasteiger charge is 2.09. The van der Waals surface area contributed by atoms with E-state index in [0.29, 0.717) is 5.58 Å². The number of benzene rings is 1. The minimum Gasteiger partial charge on any atom is -0.423 e. The normalized spacial score (nSPS) is 11.1. The van der Waals surface area contributed by atoms with Gasteiger partial charge >= 0.3 is 5.63 Å². The van der Waals surface area contributed by atoms with E-state index in [1.807, 2.05) is 37.2 Å². The highest BCUT2D eigenvalue weighted by atomic mass is 28.3. The standard InChI is InChI=1S/C16H19NO2Si/c1-17(2)13-6-7-14-12(8-9-20(3,4)5)10-16(18)19-15(14)11-13/h6-7,10-11H,1-5H3. The van der Waals surface area contributed by atoms with Crippen molar-refractivity contribution in [3.8, 4) is 11.5 Å². The van der Waals surface area contributed by atoms with Gasteiger partial charge in [0, 0.05) is 42.9 Å². The largest absolute Gasteiger partial charge is 0.423 e. The van der Waals surface area contributed by atoms with Gasteiger partial charge in [-0.2, -0.15) is 0 Å². The zero-order chi connectivity index (χ0) is 14.9.